The lowest BCUT2D eigenvalue weighted by Crippen LogP contribution is -2.54. The van der Waals surface area contributed by atoms with Gasteiger partial charge >= 0.3 is 0 Å². The second-order valence-electron chi connectivity index (χ2n) is 6.15. The summed E-state index contributed by atoms with van der Waals surface area (Å²) in [7, 11) is 0. The van der Waals surface area contributed by atoms with Gasteiger partial charge in [-0.2, -0.15) is 0 Å². The zero-order valence-electron chi connectivity index (χ0n) is 13.6. The van der Waals surface area contributed by atoms with Crippen molar-refractivity contribution in [1.29, 1.82) is 0 Å². The molecule has 0 bridgehead atoms. The molecule has 0 aliphatic carbocycles. The molecule has 0 aromatic heterocycles. The molecule has 0 saturated carbocycles. The molecule has 1 saturated heterocycles. The lowest BCUT2D eigenvalue weighted by atomic mass is 10.1. The number of amides is 1. The summed E-state index contributed by atoms with van der Waals surface area (Å²) in [6.45, 7) is 12.0. The first kappa shape index (κ1) is 15.8. The standard InChI is InChI=1S/C17H27N3O/c1-13(2)18-17(21)15(4)19-9-11-20(12-10-19)16-8-6-5-7-14(16)3/h5-8,13,15H,9-12H2,1-4H3,(H,18,21)/t15-/m0/s1. The summed E-state index contributed by atoms with van der Waals surface area (Å²) in [4.78, 5) is 16.8. The van der Waals surface area contributed by atoms with Gasteiger partial charge in [0.05, 0.1) is 6.04 Å². The highest BCUT2D eigenvalue weighted by molar-refractivity contribution is 5.81. The molecule has 1 aromatic rings. The fourth-order valence-corrected chi connectivity index (χ4v) is 2.84. The van der Waals surface area contributed by atoms with Crippen molar-refractivity contribution in [1.82, 2.24) is 10.2 Å². The topological polar surface area (TPSA) is 35.6 Å². The van der Waals surface area contributed by atoms with E-state index in [1.165, 1.54) is 11.3 Å². The first-order valence-corrected chi connectivity index (χ1v) is 7.84. The van der Waals surface area contributed by atoms with E-state index < -0.39 is 0 Å². The number of nitrogens with one attached hydrogen (secondary N) is 1. The summed E-state index contributed by atoms with van der Waals surface area (Å²) in [5.41, 5.74) is 2.63. The van der Waals surface area contributed by atoms with Gasteiger partial charge in [-0.15, -0.1) is 0 Å². The highest BCUT2D eigenvalue weighted by Crippen LogP contribution is 2.21. The van der Waals surface area contributed by atoms with E-state index >= 15 is 0 Å². The Bertz CT molecular complexity index is 479. The van der Waals surface area contributed by atoms with Gasteiger partial charge in [-0.1, -0.05) is 18.2 Å². The maximum atomic E-state index is 12.1. The van der Waals surface area contributed by atoms with Gasteiger partial charge in [0.25, 0.3) is 0 Å². The van der Waals surface area contributed by atoms with E-state index in [0.717, 1.165) is 26.2 Å². The molecule has 21 heavy (non-hydrogen) atoms. The van der Waals surface area contributed by atoms with Gasteiger partial charge in [-0.3, -0.25) is 9.69 Å². The number of anilines is 1. The number of carbonyl (C=O) groups excluding carboxylic acids is 1. The van der Waals surface area contributed by atoms with Crippen molar-refractivity contribution in [2.45, 2.75) is 39.8 Å². The number of hydrogen-bond donors (Lipinski definition) is 1. The average molecular weight is 289 g/mol. The van der Waals surface area contributed by atoms with Crippen molar-refractivity contribution in [2.24, 2.45) is 0 Å². The van der Waals surface area contributed by atoms with Crippen LogP contribution in [0.3, 0.4) is 0 Å². The second-order valence-corrected chi connectivity index (χ2v) is 6.15. The molecule has 0 spiro atoms. The summed E-state index contributed by atoms with van der Waals surface area (Å²) in [6, 6.07) is 8.65. The van der Waals surface area contributed by atoms with Gasteiger partial charge in [0.2, 0.25) is 5.91 Å². The molecular weight excluding hydrogens is 262 g/mol. The molecular formula is C17H27N3O. The third-order valence-electron chi connectivity index (χ3n) is 4.13. The van der Waals surface area contributed by atoms with Crippen molar-refractivity contribution >= 4 is 11.6 Å². The van der Waals surface area contributed by atoms with Crippen LogP contribution >= 0.6 is 0 Å². The van der Waals surface area contributed by atoms with Crippen LogP contribution in [0.1, 0.15) is 26.3 Å². The Morgan fingerprint density at radius 2 is 1.71 bits per heavy atom. The van der Waals surface area contributed by atoms with E-state index in [0.29, 0.717) is 0 Å². The number of para-hydroxylation sites is 1. The van der Waals surface area contributed by atoms with Crippen LogP contribution in [-0.2, 0) is 4.79 Å². The highest BCUT2D eigenvalue weighted by Gasteiger charge is 2.26. The molecule has 1 atom stereocenters. The number of benzene rings is 1. The summed E-state index contributed by atoms with van der Waals surface area (Å²) < 4.78 is 0. The molecule has 1 heterocycles. The summed E-state index contributed by atoms with van der Waals surface area (Å²) in [6.07, 6.45) is 0. The van der Waals surface area contributed by atoms with E-state index in [9.17, 15) is 4.79 Å². The van der Waals surface area contributed by atoms with Crippen LogP contribution in [0.15, 0.2) is 24.3 Å². The van der Waals surface area contributed by atoms with Crippen molar-refractivity contribution in [3.05, 3.63) is 29.8 Å². The van der Waals surface area contributed by atoms with Crippen molar-refractivity contribution in [3.8, 4) is 0 Å². The molecule has 1 aliphatic rings. The van der Waals surface area contributed by atoms with E-state index in [4.69, 9.17) is 0 Å². The van der Waals surface area contributed by atoms with Crippen LogP contribution in [0.25, 0.3) is 0 Å². The molecule has 1 aromatic carbocycles. The fraction of sp³-hybridized carbons (Fsp3) is 0.588. The molecule has 1 aliphatic heterocycles. The summed E-state index contributed by atoms with van der Waals surface area (Å²) in [5, 5.41) is 3.00. The first-order valence-electron chi connectivity index (χ1n) is 7.84. The Morgan fingerprint density at radius 3 is 2.29 bits per heavy atom. The van der Waals surface area contributed by atoms with E-state index in [1.807, 2.05) is 20.8 Å². The molecule has 0 radical (unpaired) electrons. The van der Waals surface area contributed by atoms with Crippen LogP contribution in [0.5, 0.6) is 0 Å². The minimum absolute atomic E-state index is 0.0496. The number of piperazine rings is 1. The number of aryl methyl sites for hydroxylation is 1. The van der Waals surface area contributed by atoms with Crippen molar-refractivity contribution in [3.63, 3.8) is 0 Å². The third kappa shape index (κ3) is 3.97. The predicted molar refractivity (Wildman–Crippen MR) is 87.7 cm³/mol. The minimum Gasteiger partial charge on any atom is -0.369 e. The van der Waals surface area contributed by atoms with Gasteiger partial charge < -0.3 is 10.2 Å². The summed E-state index contributed by atoms with van der Waals surface area (Å²) in [5.74, 6) is 0.134. The first-order chi connectivity index (χ1) is 9.99. The van der Waals surface area contributed by atoms with Crippen LogP contribution < -0.4 is 10.2 Å². The van der Waals surface area contributed by atoms with Gasteiger partial charge in [0.1, 0.15) is 0 Å². The monoisotopic (exact) mass is 289 g/mol. The smallest absolute Gasteiger partial charge is 0.237 e. The summed E-state index contributed by atoms with van der Waals surface area (Å²) >= 11 is 0. The Balaban J connectivity index is 1.91. The Hall–Kier alpha value is -1.55. The quantitative estimate of drug-likeness (QED) is 0.921. The SMILES string of the molecule is Cc1ccccc1N1CCN([C@@H](C)C(=O)NC(C)C)CC1. The van der Waals surface area contributed by atoms with Crippen LogP contribution in [0, 0.1) is 6.92 Å². The molecule has 1 amide bonds. The van der Waals surface area contributed by atoms with Gasteiger partial charge in [0, 0.05) is 37.9 Å². The maximum Gasteiger partial charge on any atom is 0.237 e. The number of rotatable bonds is 4. The van der Waals surface area contributed by atoms with Crippen LogP contribution in [-0.4, -0.2) is 49.1 Å². The van der Waals surface area contributed by atoms with Gasteiger partial charge in [-0.05, 0) is 39.3 Å². The van der Waals surface area contributed by atoms with Crippen molar-refractivity contribution in [2.75, 3.05) is 31.1 Å². The molecule has 116 valence electrons. The maximum absolute atomic E-state index is 12.1. The Labute approximate surface area is 128 Å². The van der Waals surface area contributed by atoms with Gasteiger partial charge in [-0.25, -0.2) is 0 Å². The van der Waals surface area contributed by atoms with E-state index in [2.05, 4.69) is 46.3 Å². The second kappa shape index (κ2) is 6.94. The Morgan fingerprint density at radius 1 is 1.10 bits per heavy atom. The molecule has 4 heteroatoms. The number of hydrogen-bond acceptors (Lipinski definition) is 3. The van der Waals surface area contributed by atoms with Crippen LogP contribution in [0.2, 0.25) is 0 Å². The normalized spacial score (nSPS) is 17.9. The zero-order chi connectivity index (χ0) is 15.4. The third-order valence-corrected chi connectivity index (χ3v) is 4.13. The molecule has 0 unspecified atom stereocenters. The predicted octanol–water partition coefficient (Wildman–Crippen LogP) is 2.03. The lowest BCUT2D eigenvalue weighted by Gasteiger charge is -2.39. The largest absolute Gasteiger partial charge is 0.369 e. The molecule has 1 fully saturated rings. The fourth-order valence-electron chi connectivity index (χ4n) is 2.84. The van der Waals surface area contributed by atoms with Gasteiger partial charge in [0.15, 0.2) is 0 Å². The zero-order valence-corrected chi connectivity index (χ0v) is 13.6. The molecule has 4 nitrogen and oxygen atoms in total. The lowest BCUT2D eigenvalue weighted by molar-refractivity contribution is -0.126. The average Bonchev–Trinajstić information content (AvgIpc) is 2.46. The molecule has 2 rings (SSSR count). The van der Waals surface area contributed by atoms with E-state index in [1.54, 1.807) is 0 Å². The number of carbonyl (C=O) groups is 1. The van der Waals surface area contributed by atoms with E-state index in [-0.39, 0.29) is 18.0 Å². The number of nitrogens with zero attached hydrogens (tertiary/aromatic N) is 2. The van der Waals surface area contributed by atoms with Crippen molar-refractivity contribution < 1.29 is 4.79 Å². The van der Waals surface area contributed by atoms with Crippen LogP contribution in [0.4, 0.5) is 5.69 Å². The minimum atomic E-state index is -0.0496. The highest BCUT2D eigenvalue weighted by atomic mass is 16.2. The Kier molecular flexibility index (Phi) is 5.23. The molecule has 1 N–H and O–H groups in total.